The molecule has 28 heavy (non-hydrogen) atoms. The second-order valence-electron chi connectivity index (χ2n) is 7.25. The first-order valence-electron chi connectivity index (χ1n) is 9.48. The van der Waals surface area contributed by atoms with Crippen LogP contribution in [-0.4, -0.2) is 22.7 Å². The van der Waals surface area contributed by atoms with Gasteiger partial charge in [-0.2, -0.15) is 5.10 Å². The van der Waals surface area contributed by atoms with Gasteiger partial charge in [0.2, 0.25) is 5.78 Å². The van der Waals surface area contributed by atoms with Gasteiger partial charge >= 0.3 is 0 Å². The minimum Gasteiger partial charge on any atom is -0.461 e. The molecule has 138 valence electrons. The fourth-order valence-electron chi connectivity index (χ4n) is 3.87. The van der Waals surface area contributed by atoms with Crippen molar-refractivity contribution >= 4 is 11.5 Å². The lowest BCUT2D eigenvalue weighted by molar-refractivity contribution is -0.00455. The topological polar surface area (TPSA) is 41.9 Å². The molecule has 0 aliphatic carbocycles. The van der Waals surface area contributed by atoms with E-state index in [1.165, 1.54) is 5.56 Å². The largest absolute Gasteiger partial charge is 0.461 e. The van der Waals surface area contributed by atoms with Crippen molar-refractivity contribution in [2.75, 3.05) is 0 Å². The smallest absolute Gasteiger partial charge is 0.251 e. The Hall–Kier alpha value is -3.40. The maximum Gasteiger partial charge on any atom is 0.251 e. The summed E-state index contributed by atoms with van der Waals surface area (Å²) in [6.07, 6.45) is -0.00704. The van der Waals surface area contributed by atoms with Crippen molar-refractivity contribution in [3.63, 3.8) is 0 Å². The average molecular weight is 368 g/mol. The van der Waals surface area contributed by atoms with E-state index in [0.717, 1.165) is 29.0 Å². The predicted molar refractivity (Wildman–Crippen MR) is 109 cm³/mol. The molecule has 0 saturated heterocycles. The number of para-hydroxylation sites is 1. The van der Waals surface area contributed by atoms with Crippen LogP contribution in [-0.2, 0) is 0 Å². The number of hydrazone groups is 1. The van der Waals surface area contributed by atoms with Gasteiger partial charge in [-0.3, -0.25) is 4.79 Å². The van der Waals surface area contributed by atoms with Gasteiger partial charge < -0.3 is 4.74 Å². The van der Waals surface area contributed by atoms with Gasteiger partial charge in [0, 0.05) is 17.5 Å². The first kappa shape index (κ1) is 16.8. The molecule has 3 aromatic carbocycles. The predicted octanol–water partition coefficient (Wildman–Crippen LogP) is 4.75. The van der Waals surface area contributed by atoms with Crippen molar-refractivity contribution < 1.29 is 9.53 Å². The molecule has 0 amide bonds. The van der Waals surface area contributed by atoms with Gasteiger partial charge in [-0.05, 0) is 18.6 Å². The number of nitrogens with zero attached hydrogens (tertiary/aromatic N) is 2. The highest BCUT2D eigenvalue weighted by atomic mass is 16.5. The normalized spacial score (nSPS) is 20.0. The monoisotopic (exact) mass is 368 g/mol. The van der Waals surface area contributed by atoms with Crippen LogP contribution in [0.2, 0.25) is 0 Å². The van der Waals surface area contributed by atoms with Gasteiger partial charge in [-0.15, -0.1) is 0 Å². The summed E-state index contributed by atoms with van der Waals surface area (Å²) in [4.78, 5) is 13.2. The zero-order valence-electron chi connectivity index (χ0n) is 15.6. The molecule has 2 aliphatic heterocycles. The molecule has 0 radical (unpaired) electrons. The fraction of sp³-hybridized carbons (Fsp3) is 0.167. The van der Waals surface area contributed by atoms with E-state index in [1.54, 1.807) is 0 Å². The van der Waals surface area contributed by atoms with Crippen LogP contribution in [0, 0.1) is 6.92 Å². The Bertz CT molecular complexity index is 1060. The first-order valence-corrected chi connectivity index (χ1v) is 9.48. The van der Waals surface area contributed by atoms with Crippen LogP contribution >= 0.6 is 0 Å². The Kier molecular flexibility index (Phi) is 3.97. The number of aryl methyl sites for hydroxylation is 1. The second-order valence-corrected chi connectivity index (χ2v) is 7.25. The molecule has 0 saturated carbocycles. The van der Waals surface area contributed by atoms with E-state index in [4.69, 9.17) is 9.84 Å². The zero-order chi connectivity index (χ0) is 19.1. The number of ketones is 1. The molecule has 0 bridgehead atoms. The Morgan fingerprint density at radius 1 is 0.964 bits per heavy atom. The van der Waals surface area contributed by atoms with Gasteiger partial charge in [0.25, 0.3) is 6.23 Å². The molecule has 0 N–H and O–H groups in total. The van der Waals surface area contributed by atoms with Gasteiger partial charge in [0.05, 0.1) is 11.8 Å². The maximum atomic E-state index is 13.2. The van der Waals surface area contributed by atoms with Gasteiger partial charge in [0.15, 0.2) is 0 Å². The Morgan fingerprint density at radius 2 is 1.68 bits per heavy atom. The number of fused-ring (bicyclic) bond motifs is 3. The molecule has 4 heteroatoms. The summed E-state index contributed by atoms with van der Waals surface area (Å²) in [5, 5.41) is 6.68. The molecule has 0 aromatic heterocycles. The number of hydrogen-bond acceptors (Lipinski definition) is 4. The Balaban J connectivity index is 1.56. The molecule has 2 aliphatic rings. The van der Waals surface area contributed by atoms with E-state index < -0.39 is 6.23 Å². The third-order valence-corrected chi connectivity index (χ3v) is 5.37. The van der Waals surface area contributed by atoms with Crippen LogP contribution in [0.1, 0.15) is 39.5 Å². The summed E-state index contributed by atoms with van der Waals surface area (Å²) in [6, 6.07) is 25.6. The van der Waals surface area contributed by atoms with Crippen molar-refractivity contribution in [2.45, 2.75) is 25.6 Å². The highest BCUT2D eigenvalue weighted by molar-refractivity contribution is 6.03. The fourth-order valence-corrected chi connectivity index (χ4v) is 3.87. The van der Waals surface area contributed by atoms with Gasteiger partial charge in [-0.1, -0.05) is 78.4 Å². The second kappa shape index (κ2) is 6.64. The minimum atomic E-state index is -0.759. The highest BCUT2D eigenvalue weighted by Crippen LogP contribution is 2.43. The lowest BCUT2D eigenvalue weighted by atomic mass is 9.95. The molecule has 0 spiro atoms. The Labute approximate surface area is 164 Å². The molecule has 3 aromatic rings. The molecule has 2 atom stereocenters. The van der Waals surface area contributed by atoms with Crippen molar-refractivity contribution in [3.05, 3.63) is 101 Å². The summed E-state index contributed by atoms with van der Waals surface area (Å²) in [7, 11) is 0. The molecule has 0 fully saturated rings. The average Bonchev–Trinajstić information content (AvgIpc) is 3.19. The number of rotatable bonds is 3. The number of hydrogen-bond donors (Lipinski definition) is 0. The van der Waals surface area contributed by atoms with Gasteiger partial charge in [-0.25, -0.2) is 5.01 Å². The lowest BCUT2D eigenvalue weighted by Crippen LogP contribution is -2.45. The molecule has 5 rings (SSSR count). The zero-order valence-corrected chi connectivity index (χ0v) is 15.6. The van der Waals surface area contributed by atoms with Crippen molar-refractivity contribution in [1.82, 2.24) is 5.01 Å². The number of ether oxygens (including phenoxy) is 1. The quantitative estimate of drug-likeness (QED) is 0.627. The van der Waals surface area contributed by atoms with E-state index in [2.05, 4.69) is 37.3 Å². The first-order chi connectivity index (χ1) is 13.7. The summed E-state index contributed by atoms with van der Waals surface area (Å²) in [6.45, 7) is 2.07. The van der Waals surface area contributed by atoms with Crippen LogP contribution in [0.5, 0.6) is 5.75 Å². The molecule has 0 unspecified atom stereocenters. The molecule has 2 heterocycles. The Morgan fingerprint density at radius 3 is 2.46 bits per heavy atom. The summed E-state index contributed by atoms with van der Waals surface area (Å²) in [5.74, 6) is 0.687. The molecule has 4 nitrogen and oxygen atoms in total. The van der Waals surface area contributed by atoms with E-state index in [1.807, 2.05) is 53.5 Å². The molecular formula is C24H20N2O2. The van der Waals surface area contributed by atoms with Crippen molar-refractivity contribution in [1.29, 1.82) is 0 Å². The maximum absolute atomic E-state index is 13.2. The van der Waals surface area contributed by atoms with Crippen molar-refractivity contribution in [2.24, 2.45) is 5.10 Å². The number of carbonyl (C=O) groups excluding carboxylic acids is 1. The molecular weight excluding hydrogens is 348 g/mol. The van der Waals surface area contributed by atoms with Crippen LogP contribution in [0.3, 0.4) is 0 Å². The van der Waals surface area contributed by atoms with Crippen LogP contribution in [0.15, 0.2) is 84.0 Å². The number of carbonyl (C=O) groups is 1. The SMILES string of the molecule is Cc1ccc(C2=NN3[C@@H](C(=O)c4ccccc4)Oc4ccccc4[C@@H]3C2)cc1. The lowest BCUT2D eigenvalue weighted by Gasteiger charge is -2.37. The van der Waals surface area contributed by atoms with E-state index in [9.17, 15) is 4.79 Å². The summed E-state index contributed by atoms with van der Waals surface area (Å²) >= 11 is 0. The van der Waals surface area contributed by atoms with E-state index >= 15 is 0 Å². The summed E-state index contributed by atoms with van der Waals surface area (Å²) in [5.41, 5.74) is 4.99. The third kappa shape index (κ3) is 2.78. The van der Waals surface area contributed by atoms with Crippen LogP contribution < -0.4 is 4.74 Å². The number of Topliss-reactive ketones (excluding diaryl/α,β-unsaturated/α-hetero) is 1. The van der Waals surface area contributed by atoms with Crippen LogP contribution in [0.25, 0.3) is 0 Å². The number of benzene rings is 3. The van der Waals surface area contributed by atoms with Gasteiger partial charge in [0.1, 0.15) is 5.75 Å². The third-order valence-electron chi connectivity index (χ3n) is 5.37. The van der Waals surface area contributed by atoms with E-state index in [0.29, 0.717) is 5.56 Å². The summed E-state index contributed by atoms with van der Waals surface area (Å²) < 4.78 is 6.13. The standard InChI is InChI=1S/C24H20N2O2/c1-16-11-13-17(14-12-16)20-15-21-19-9-5-6-10-22(19)28-24(26(21)25-20)23(27)18-7-3-2-4-8-18/h2-14,21,24H,15H2,1H3/t21-,24+/m0/s1. The highest BCUT2D eigenvalue weighted by Gasteiger charge is 2.43. The van der Waals surface area contributed by atoms with E-state index in [-0.39, 0.29) is 11.8 Å². The van der Waals surface area contributed by atoms with Crippen molar-refractivity contribution in [3.8, 4) is 5.75 Å². The minimum absolute atomic E-state index is 0.00100. The van der Waals surface area contributed by atoms with Crippen LogP contribution in [0.4, 0.5) is 0 Å².